The van der Waals surface area contributed by atoms with Crippen molar-refractivity contribution in [2.45, 2.75) is 0 Å². The number of para-hydroxylation sites is 2. The molecule has 76 heavy (non-hydrogen) atoms. The van der Waals surface area contributed by atoms with Gasteiger partial charge in [0, 0.05) is 80.6 Å². The standard InChI is InChI=1S/C67H38N6O3/c1-3-12-57-47(10-1)54-38-68-27-24-58(54)73(57)59-37-43(40-9-5-8-39(30-40)41-17-20-61-50(31-41)49-11-2-4-13-60(49)74-61)16-19-48(59)51-33-46(34-53-66-64(76-67(51)53)15-7-26-72-66)45-23-29-70-56(36-45)55-35-44(22-28-69-55)42-18-21-62-52(32-42)65-63(75-62)14-6-25-71-65/h1-38H. The van der Waals surface area contributed by atoms with E-state index in [-0.39, 0.29) is 0 Å². The van der Waals surface area contributed by atoms with Crippen molar-refractivity contribution in [1.29, 1.82) is 0 Å². The predicted molar refractivity (Wildman–Crippen MR) is 304 cm³/mol. The average Bonchev–Trinajstić information content (AvgIpc) is 4.26. The molecule has 16 rings (SSSR count). The van der Waals surface area contributed by atoms with Gasteiger partial charge in [-0.1, -0.05) is 78.9 Å². The molecule has 0 saturated heterocycles. The van der Waals surface area contributed by atoms with Gasteiger partial charge in [-0.3, -0.25) is 24.9 Å². The molecule has 0 unspecified atom stereocenters. The van der Waals surface area contributed by atoms with E-state index in [1.165, 1.54) is 0 Å². The summed E-state index contributed by atoms with van der Waals surface area (Å²) >= 11 is 0. The molecule has 9 heterocycles. The minimum Gasteiger partial charge on any atom is -0.456 e. The summed E-state index contributed by atoms with van der Waals surface area (Å²) in [6.07, 6.45) is 11.2. The van der Waals surface area contributed by atoms with E-state index in [0.29, 0.717) is 5.58 Å². The van der Waals surface area contributed by atoms with Crippen molar-refractivity contribution in [3.8, 4) is 72.7 Å². The Morgan fingerprint density at radius 3 is 1.68 bits per heavy atom. The predicted octanol–water partition coefficient (Wildman–Crippen LogP) is 17.5. The Kier molecular flexibility index (Phi) is 9.13. The van der Waals surface area contributed by atoms with Gasteiger partial charge in [0.1, 0.15) is 33.4 Å². The van der Waals surface area contributed by atoms with Gasteiger partial charge in [0.05, 0.1) is 28.1 Å². The molecule has 9 nitrogen and oxygen atoms in total. The number of pyridine rings is 5. The van der Waals surface area contributed by atoms with Crippen molar-refractivity contribution in [2.24, 2.45) is 0 Å². The molecule has 0 fully saturated rings. The summed E-state index contributed by atoms with van der Waals surface area (Å²) in [7, 11) is 0. The minimum absolute atomic E-state index is 0.712. The van der Waals surface area contributed by atoms with E-state index in [0.717, 1.165) is 155 Å². The monoisotopic (exact) mass is 974 g/mol. The van der Waals surface area contributed by atoms with E-state index in [1.54, 1.807) is 6.20 Å². The molecule has 354 valence electrons. The Balaban J connectivity index is 0.870. The van der Waals surface area contributed by atoms with E-state index < -0.39 is 0 Å². The second kappa shape index (κ2) is 16.5. The van der Waals surface area contributed by atoms with Crippen LogP contribution >= 0.6 is 0 Å². The average molecular weight is 975 g/mol. The third-order valence-electron chi connectivity index (χ3n) is 14.9. The van der Waals surface area contributed by atoms with Crippen LogP contribution in [-0.2, 0) is 0 Å². The van der Waals surface area contributed by atoms with E-state index in [4.69, 9.17) is 28.2 Å². The second-order valence-corrected chi connectivity index (χ2v) is 19.2. The number of furan rings is 3. The van der Waals surface area contributed by atoms with Gasteiger partial charge in [-0.25, -0.2) is 0 Å². The molecule has 0 atom stereocenters. The maximum absolute atomic E-state index is 6.88. The maximum atomic E-state index is 6.88. The Morgan fingerprint density at radius 1 is 0.303 bits per heavy atom. The summed E-state index contributed by atoms with van der Waals surface area (Å²) in [6.45, 7) is 0. The largest absolute Gasteiger partial charge is 0.456 e. The van der Waals surface area contributed by atoms with Crippen LogP contribution in [0.3, 0.4) is 0 Å². The molecule has 0 N–H and O–H groups in total. The molecule has 16 aromatic rings. The minimum atomic E-state index is 0.712. The molecule has 0 aliphatic heterocycles. The molecule has 0 saturated carbocycles. The summed E-state index contributed by atoms with van der Waals surface area (Å²) in [4.78, 5) is 23.9. The molecule has 0 aliphatic carbocycles. The Hall–Kier alpha value is -10.5. The van der Waals surface area contributed by atoms with E-state index in [1.807, 2.05) is 79.5 Å². The molecule has 9 heteroatoms. The number of nitrogens with zero attached hydrogens (tertiary/aromatic N) is 6. The maximum Gasteiger partial charge on any atom is 0.153 e. The third kappa shape index (κ3) is 6.62. The summed E-state index contributed by atoms with van der Waals surface area (Å²) < 4.78 is 21.5. The zero-order valence-electron chi connectivity index (χ0n) is 40.3. The van der Waals surface area contributed by atoms with Gasteiger partial charge in [-0.05, 0) is 160 Å². The lowest BCUT2D eigenvalue weighted by Crippen LogP contribution is -1.99. The van der Waals surface area contributed by atoms with E-state index >= 15 is 0 Å². The van der Waals surface area contributed by atoms with Crippen molar-refractivity contribution < 1.29 is 13.3 Å². The van der Waals surface area contributed by atoms with Crippen LogP contribution in [0.4, 0.5) is 0 Å². The van der Waals surface area contributed by atoms with Crippen LogP contribution in [-0.4, -0.2) is 29.5 Å². The molecule has 7 aromatic carbocycles. The molecule has 0 bridgehead atoms. The number of aromatic nitrogens is 6. The Morgan fingerprint density at radius 2 is 0.882 bits per heavy atom. The number of hydrogen-bond donors (Lipinski definition) is 0. The molecular weight excluding hydrogens is 937 g/mol. The van der Waals surface area contributed by atoms with Crippen LogP contribution in [0.2, 0.25) is 0 Å². The molecule has 0 radical (unpaired) electrons. The zero-order valence-corrected chi connectivity index (χ0v) is 40.3. The van der Waals surface area contributed by atoms with Crippen LogP contribution < -0.4 is 0 Å². The molecule has 0 aliphatic rings. The lowest BCUT2D eigenvalue weighted by molar-refractivity contribution is 0.668. The first-order valence-corrected chi connectivity index (χ1v) is 25.2. The zero-order chi connectivity index (χ0) is 49.8. The number of hydrogen-bond acceptors (Lipinski definition) is 8. The second-order valence-electron chi connectivity index (χ2n) is 19.2. The van der Waals surface area contributed by atoms with Gasteiger partial charge in [0.2, 0.25) is 0 Å². The molecular formula is C67H38N6O3. The van der Waals surface area contributed by atoms with Crippen LogP contribution in [0.25, 0.3) is 161 Å². The van der Waals surface area contributed by atoms with Gasteiger partial charge in [0.15, 0.2) is 11.2 Å². The van der Waals surface area contributed by atoms with Crippen LogP contribution in [0.15, 0.2) is 245 Å². The fourth-order valence-corrected chi connectivity index (χ4v) is 11.3. The first kappa shape index (κ1) is 42.0. The summed E-state index contributed by atoms with van der Waals surface area (Å²) in [5.74, 6) is 0. The van der Waals surface area contributed by atoms with Gasteiger partial charge >= 0.3 is 0 Å². The number of rotatable bonds is 7. The number of fused-ring (bicyclic) bond motifs is 12. The van der Waals surface area contributed by atoms with Crippen LogP contribution in [0, 0.1) is 0 Å². The van der Waals surface area contributed by atoms with Crippen LogP contribution in [0.1, 0.15) is 0 Å². The molecule has 0 amide bonds. The van der Waals surface area contributed by atoms with Crippen molar-refractivity contribution >= 4 is 87.9 Å². The van der Waals surface area contributed by atoms with Gasteiger partial charge < -0.3 is 17.8 Å². The normalized spacial score (nSPS) is 11.9. The lowest BCUT2D eigenvalue weighted by atomic mass is 9.92. The highest BCUT2D eigenvalue weighted by Crippen LogP contribution is 2.45. The van der Waals surface area contributed by atoms with Crippen molar-refractivity contribution in [3.05, 3.63) is 231 Å². The quantitative estimate of drug-likeness (QED) is 0.155. The van der Waals surface area contributed by atoms with E-state index in [9.17, 15) is 0 Å². The highest BCUT2D eigenvalue weighted by atomic mass is 16.3. The Bertz CT molecular complexity index is 4990. The summed E-state index contributed by atoms with van der Waals surface area (Å²) in [5.41, 5.74) is 21.3. The Labute approximate surface area is 432 Å². The van der Waals surface area contributed by atoms with E-state index in [2.05, 4.69) is 160 Å². The SMILES string of the molecule is c1cc(-c2ccc(-c3cc(-c4ccnc(-c5cc(-c6ccc7oc8cccnc8c7c6)ccn5)c4)cc4c3oc3cccnc34)c(-n3c4ccccc4c4cnccc43)c2)cc(-c2ccc3oc4ccccc4c3c2)c1. The third-order valence-corrected chi connectivity index (χ3v) is 14.9. The summed E-state index contributed by atoms with van der Waals surface area (Å²) in [6, 6.07) is 67.6. The first-order chi connectivity index (χ1) is 37.6. The van der Waals surface area contributed by atoms with Gasteiger partial charge in [-0.15, -0.1) is 0 Å². The highest BCUT2D eigenvalue weighted by Gasteiger charge is 2.23. The van der Waals surface area contributed by atoms with Crippen molar-refractivity contribution in [3.63, 3.8) is 0 Å². The van der Waals surface area contributed by atoms with Gasteiger partial charge in [0.25, 0.3) is 0 Å². The van der Waals surface area contributed by atoms with Gasteiger partial charge in [-0.2, -0.15) is 0 Å². The highest BCUT2D eigenvalue weighted by molar-refractivity contribution is 6.13. The first-order valence-electron chi connectivity index (χ1n) is 25.2. The number of benzene rings is 7. The summed E-state index contributed by atoms with van der Waals surface area (Å²) in [5, 5.41) is 6.27. The smallest absolute Gasteiger partial charge is 0.153 e. The fourth-order valence-electron chi connectivity index (χ4n) is 11.3. The van der Waals surface area contributed by atoms with Crippen molar-refractivity contribution in [2.75, 3.05) is 0 Å². The fraction of sp³-hybridized carbons (Fsp3) is 0. The molecule has 9 aromatic heterocycles. The van der Waals surface area contributed by atoms with Crippen LogP contribution in [0.5, 0.6) is 0 Å². The molecule has 0 spiro atoms. The lowest BCUT2D eigenvalue weighted by Gasteiger charge is -2.18. The van der Waals surface area contributed by atoms with Crippen molar-refractivity contribution in [1.82, 2.24) is 29.5 Å². The topological polar surface area (TPSA) is 109 Å².